The SMILES string of the molecule is N=C(N)N(CCCCN1CCOCC1)c1ccc(C(=O)O)cc1. The van der Waals surface area contributed by atoms with Crippen LogP contribution in [0.3, 0.4) is 0 Å². The number of ether oxygens (including phenoxy) is 1. The Kier molecular flexibility index (Phi) is 6.37. The van der Waals surface area contributed by atoms with Crippen LogP contribution in [0.15, 0.2) is 24.3 Å². The second-order valence-corrected chi connectivity index (χ2v) is 5.55. The highest BCUT2D eigenvalue weighted by Gasteiger charge is 2.12. The molecular weight excluding hydrogens is 296 g/mol. The van der Waals surface area contributed by atoms with Crippen molar-refractivity contribution in [2.24, 2.45) is 5.73 Å². The summed E-state index contributed by atoms with van der Waals surface area (Å²) in [6, 6.07) is 6.43. The number of hydrogen-bond donors (Lipinski definition) is 3. The van der Waals surface area contributed by atoms with Crippen LogP contribution in [0.25, 0.3) is 0 Å². The summed E-state index contributed by atoms with van der Waals surface area (Å²) >= 11 is 0. The van der Waals surface area contributed by atoms with E-state index in [1.165, 1.54) is 12.1 Å². The minimum Gasteiger partial charge on any atom is -0.478 e. The Morgan fingerprint density at radius 2 is 1.91 bits per heavy atom. The van der Waals surface area contributed by atoms with Gasteiger partial charge in [0.05, 0.1) is 18.8 Å². The predicted molar refractivity (Wildman–Crippen MR) is 89.2 cm³/mol. The molecule has 1 fully saturated rings. The topological polar surface area (TPSA) is 103 Å². The van der Waals surface area contributed by atoms with E-state index < -0.39 is 5.97 Å². The molecule has 0 amide bonds. The Labute approximate surface area is 136 Å². The van der Waals surface area contributed by atoms with E-state index in [1.807, 2.05) is 0 Å². The molecule has 0 spiro atoms. The lowest BCUT2D eigenvalue weighted by atomic mass is 10.2. The number of benzene rings is 1. The summed E-state index contributed by atoms with van der Waals surface area (Å²) in [5.74, 6) is -0.990. The maximum Gasteiger partial charge on any atom is 0.335 e. The molecule has 0 bridgehead atoms. The summed E-state index contributed by atoms with van der Waals surface area (Å²) in [7, 11) is 0. The van der Waals surface area contributed by atoms with E-state index in [0.717, 1.165) is 51.4 Å². The number of nitrogens with one attached hydrogen (secondary N) is 1. The third-order valence-corrected chi connectivity index (χ3v) is 3.93. The largest absolute Gasteiger partial charge is 0.478 e. The summed E-state index contributed by atoms with van der Waals surface area (Å²) in [5, 5.41) is 16.6. The van der Waals surface area contributed by atoms with Gasteiger partial charge in [0.1, 0.15) is 0 Å². The highest BCUT2D eigenvalue weighted by atomic mass is 16.5. The van der Waals surface area contributed by atoms with Crippen molar-refractivity contribution in [3.05, 3.63) is 29.8 Å². The molecule has 1 aromatic carbocycles. The number of carbonyl (C=O) groups is 1. The first-order valence-electron chi connectivity index (χ1n) is 7.83. The minimum absolute atomic E-state index is 0.0283. The fourth-order valence-electron chi connectivity index (χ4n) is 2.60. The van der Waals surface area contributed by atoms with Gasteiger partial charge in [0.2, 0.25) is 0 Å². The average molecular weight is 320 g/mol. The molecule has 7 nitrogen and oxygen atoms in total. The zero-order valence-electron chi connectivity index (χ0n) is 13.2. The van der Waals surface area contributed by atoms with Crippen LogP contribution in [0, 0.1) is 5.41 Å². The number of rotatable bonds is 7. The second kappa shape index (κ2) is 8.50. The molecule has 0 atom stereocenters. The maximum atomic E-state index is 10.9. The predicted octanol–water partition coefficient (Wildman–Crippen LogP) is 1.20. The number of guanidine groups is 1. The molecule has 1 saturated heterocycles. The molecule has 23 heavy (non-hydrogen) atoms. The third-order valence-electron chi connectivity index (χ3n) is 3.93. The number of morpholine rings is 1. The van der Waals surface area contributed by atoms with Crippen LogP contribution in [0.2, 0.25) is 0 Å². The average Bonchev–Trinajstić information content (AvgIpc) is 2.55. The standard InChI is InChI=1S/C16H24N4O3/c17-16(18)20(14-5-3-13(4-6-14)15(21)22)8-2-1-7-19-9-11-23-12-10-19/h3-6H,1-2,7-12H2,(H3,17,18)(H,21,22). The molecule has 0 aromatic heterocycles. The second-order valence-electron chi connectivity index (χ2n) is 5.55. The Hall–Kier alpha value is -2.12. The fraction of sp³-hybridized carbons (Fsp3) is 0.500. The molecular formula is C16H24N4O3. The number of aromatic carboxylic acids is 1. The summed E-state index contributed by atoms with van der Waals surface area (Å²) in [4.78, 5) is 15.0. The molecule has 2 rings (SSSR count). The molecule has 1 heterocycles. The molecule has 1 aliphatic heterocycles. The Bertz CT molecular complexity index is 527. The first-order valence-corrected chi connectivity index (χ1v) is 7.83. The van der Waals surface area contributed by atoms with Crippen molar-refractivity contribution in [1.29, 1.82) is 5.41 Å². The molecule has 1 aromatic rings. The quantitative estimate of drug-likeness (QED) is 0.396. The summed E-state index contributed by atoms with van der Waals surface area (Å²) in [6.45, 7) is 5.23. The third kappa shape index (κ3) is 5.22. The zero-order valence-corrected chi connectivity index (χ0v) is 13.2. The Morgan fingerprint density at radius 1 is 1.26 bits per heavy atom. The van der Waals surface area contributed by atoms with Gasteiger partial charge in [-0.15, -0.1) is 0 Å². The van der Waals surface area contributed by atoms with Crippen molar-refractivity contribution in [3.8, 4) is 0 Å². The fourth-order valence-corrected chi connectivity index (χ4v) is 2.60. The van der Waals surface area contributed by atoms with Crippen LogP contribution in [0.1, 0.15) is 23.2 Å². The number of carboxylic acid groups (broad SMARTS) is 1. The van der Waals surface area contributed by atoms with Crippen molar-refractivity contribution >= 4 is 17.6 Å². The van der Waals surface area contributed by atoms with Crippen molar-refractivity contribution in [3.63, 3.8) is 0 Å². The van der Waals surface area contributed by atoms with E-state index in [9.17, 15) is 4.79 Å². The lowest BCUT2D eigenvalue weighted by Gasteiger charge is -2.27. The molecule has 1 aliphatic rings. The van der Waals surface area contributed by atoms with Crippen LogP contribution in [0.5, 0.6) is 0 Å². The van der Waals surface area contributed by atoms with Gasteiger partial charge in [0.15, 0.2) is 5.96 Å². The van der Waals surface area contributed by atoms with Crippen molar-refractivity contribution in [2.45, 2.75) is 12.8 Å². The molecule has 0 aliphatic carbocycles. The van der Waals surface area contributed by atoms with Gasteiger partial charge in [-0.2, -0.15) is 0 Å². The van der Waals surface area contributed by atoms with E-state index >= 15 is 0 Å². The van der Waals surface area contributed by atoms with E-state index in [2.05, 4.69) is 4.90 Å². The van der Waals surface area contributed by atoms with Crippen LogP contribution in [-0.2, 0) is 4.74 Å². The van der Waals surface area contributed by atoms with Crippen molar-refractivity contribution in [2.75, 3.05) is 44.3 Å². The number of unbranched alkanes of at least 4 members (excludes halogenated alkanes) is 1. The molecule has 0 unspecified atom stereocenters. The highest BCUT2D eigenvalue weighted by molar-refractivity contribution is 5.93. The van der Waals surface area contributed by atoms with Crippen LogP contribution in [-0.4, -0.2) is 61.3 Å². The molecule has 7 heteroatoms. The molecule has 4 N–H and O–H groups in total. The van der Waals surface area contributed by atoms with Gasteiger partial charge in [0, 0.05) is 25.3 Å². The van der Waals surface area contributed by atoms with Crippen LogP contribution < -0.4 is 10.6 Å². The maximum absolute atomic E-state index is 10.9. The number of anilines is 1. The Morgan fingerprint density at radius 3 is 2.48 bits per heavy atom. The number of nitrogens with zero attached hydrogens (tertiary/aromatic N) is 2. The molecule has 0 saturated carbocycles. The Balaban J connectivity index is 1.83. The van der Waals surface area contributed by atoms with Gasteiger partial charge in [-0.1, -0.05) is 0 Å². The summed E-state index contributed by atoms with van der Waals surface area (Å²) in [6.07, 6.45) is 1.94. The van der Waals surface area contributed by atoms with Gasteiger partial charge in [-0.05, 0) is 43.7 Å². The molecule has 126 valence electrons. The first-order chi connectivity index (χ1) is 11.1. The van der Waals surface area contributed by atoms with Gasteiger partial charge in [-0.3, -0.25) is 10.3 Å². The monoisotopic (exact) mass is 320 g/mol. The van der Waals surface area contributed by atoms with Gasteiger partial charge in [0.25, 0.3) is 0 Å². The van der Waals surface area contributed by atoms with Crippen molar-refractivity contribution < 1.29 is 14.6 Å². The van der Waals surface area contributed by atoms with E-state index in [1.54, 1.807) is 17.0 Å². The van der Waals surface area contributed by atoms with Gasteiger partial charge < -0.3 is 20.5 Å². The summed E-state index contributed by atoms with van der Waals surface area (Å²) < 4.78 is 5.32. The number of hydrogen-bond acceptors (Lipinski definition) is 4. The first kappa shape index (κ1) is 17.2. The smallest absolute Gasteiger partial charge is 0.335 e. The van der Waals surface area contributed by atoms with Gasteiger partial charge >= 0.3 is 5.97 Å². The lowest BCUT2D eigenvalue weighted by molar-refractivity contribution is 0.0373. The zero-order chi connectivity index (χ0) is 16.7. The van der Waals surface area contributed by atoms with Crippen LogP contribution >= 0.6 is 0 Å². The minimum atomic E-state index is -0.962. The summed E-state index contributed by atoms with van der Waals surface area (Å²) in [5.41, 5.74) is 6.63. The molecule has 0 radical (unpaired) electrons. The van der Waals surface area contributed by atoms with Crippen molar-refractivity contribution in [1.82, 2.24) is 4.90 Å². The normalized spacial score (nSPS) is 15.3. The number of nitrogens with two attached hydrogens (primary N) is 1. The van der Waals surface area contributed by atoms with E-state index in [-0.39, 0.29) is 11.5 Å². The van der Waals surface area contributed by atoms with Gasteiger partial charge in [-0.25, -0.2) is 4.79 Å². The highest BCUT2D eigenvalue weighted by Crippen LogP contribution is 2.16. The van der Waals surface area contributed by atoms with E-state index in [4.69, 9.17) is 21.0 Å². The van der Waals surface area contributed by atoms with Crippen LogP contribution in [0.4, 0.5) is 5.69 Å². The lowest BCUT2D eigenvalue weighted by Crippen LogP contribution is -2.39. The van der Waals surface area contributed by atoms with E-state index in [0.29, 0.717) is 6.54 Å². The number of carboxylic acids is 1.